The van der Waals surface area contributed by atoms with E-state index in [1.54, 1.807) is 12.1 Å². The van der Waals surface area contributed by atoms with Crippen LogP contribution in [0.4, 0.5) is 24.5 Å². The monoisotopic (exact) mass is 440 g/mol. The third-order valence-corrected chi connectivity index (χ3v) is 5.24. The second kappa shape index (κ2) is 9.52. The van der Waals surface area contributed by atoms with Crippen molar-refractivity contribution >= 4 is 17.3 Å². The van der Waals surface area contributed by atoms with Gasteiger partial charge in [-0.05, 0) is 36.2 Å². The molecule has 1 aliphatic heterocycles. The van der Waals surface area contributed by atoms with Crippen molar-refractivity contribution < 1.29 is 33.6 Å². The Morgan fingerprint density at radius 3 is 2.39 bits per heavy atom. The second-order valence-electron chi connectivity index (χ2n) is 7.21. The molecule has 1 aliphatic rings. The molecule has 1 fully saturated rings. The fraction of sp³-hybridized carbons (Fsp3) is 0.350. The number of rotatable bonds is 6. The maximum absolute atomic E-state index is 12.9. The standard InChI is InChI=1S/C20H23F3N4O4/c21-20(22,23)16-3-1-2-14(12-16)6-7-25-8-10-26(11-9-25)17-5-4-15(19(28)24-29)13-18(17)27(30)31/h1-5,12-13,29-31H,6-11H2,(H,24,28). The van der Waals surface area contributed by atoms with Gasteiger partial charge in [-0.3, -0.25) is 25.3 Å². The first-order valence-electron chi connectivity index (χ1n) is 9.59. The van der Waals surface area contributed by atoms with E-state index in [0.717, 1.165) is 6.07 Å². The van der Waals surface area contributed by atoms with Crippen LogP contribution in [-0.4, -0.2) is 59.2 Å². The number of halogens is 3. The van der Waals surface area contributed by atoms with E-state index in [4.69, 9.17) is 5.21 Å². The topological polar surface area (TPSA) is 99.5 Å². The summed E-state index contributed by atoms with van der Waals surface area (Å²) in [6.45, 7) is 2.97. The molecule has 0 atom stereocenters. The molecule has 4 N–H and O–H groups in total. The van der Waals surface area contributed by atoms with Gasteiger partial charge in [-0.2, -0.15) is 13.2 Å². The zero-order valence-corrected chi connectivity index (χ0v) is 16.5. The molecule has 2 aromatic rings. The average molecular weight is 440 g/mol. The third kappa shape index (κ3) is 5.64. The zero-order chi connectivity index (χ0) is 22.6. The lowest BCUT2D eigenvalue weighted by Crippen LogP contribution is -2.47. The lowest BCUT2D eigenvalue weighted by atomic mass is 10.1. The van der Waals surface area contributed by atoms with E-state index in [2.05, 4.69) is 4.90 Å². The van der Waals surface area contributed by atoms with Gasteiger partial charge < -0.3 is 4.90 Å². The van der Waals surface area contributed by atoms with Crippen LogP contribution >= 0.6 is 0 Å². The molecule has 2 aromatic carbocycles. The van der Waals surface area contributed by atoms with Crippen molar-refractivity contribution in [3.8, 4) is 0 Å². The summed E-state index contributed by atoms with van der Waals surface area (Å²) >= 11 is 0. The second-order valence-corrected chi connectivity index (χ2v) is 7.21. The van der Waals surface area contributed by atoms with Gasteiger partial charge in [-0.15, -0.1) is 5.23 Å². The fourth-order valence-electron chi connectivity index (χ4n) is 3.56. The SMILES string of the molecule is O=C(NO)c1ccc(N2CCN(CCc3cccc(C(F)(F)F)c3)CC2)c(N(O)O)c1. The number of carbonyl (C=O) groups excluding carboxylic acids is 1. The van der Waals surface area contributed by atoms with Gasteiger partial charge in [0.2, 0.25) is 0 Å². The van der Waals surface area contributed by atoms with Crippen LogP contribution in [0.2, 0.25) is 0 Å². The molecule has 0 saturated carbocycles. The van der Waals surface area contributed by atoms with Crippen molar-refractivity contribution in [3.05, 3.63) is 59.2 Å². The number of piperazine rings is 1. The van der Waals surface area contributed by atoms with Gasteiger partial charge in [0.15, 0.2) is 0 Å². The highest BCUT2D eigenvalue weighted by Gasteiger charge is 2.30. The van der Waals surface area contributed by atoms with Crippen molar-refractivity contribution in [3.63, 3.8) is 0 Å². The van der Waals surface area contributed by atoms with E-state index >= 15 is 0 Å². The Bertz CT molecular complexity index is 916. The predicted octanol–water partition coefficient (Wildman–Crippen LogP) is 2.77. The molecule has 3 rings (SSSR count). The molecular weight excluding hydrogens is 417 g/mol. The van der Waals surface area contributed by atoms with Crippen LogP contribution in [0.1, 0.15) is 21.5 Å². The van der Waals surface area contributed by atoms with Crippen molar-refractivity contribution in [1.82, 2.24) is 10.4 Å². The molecule has 1 amide bonds. The van der Waals surface area contributed by atoms with E-state index in [1.807, 2.05) is 4.90 Å². The van der Waals surface area contributed by atoms with Gasteiger partial charge in [0.05, 0.1) is 11.3 Å². The van der Waals surface area contributed by atoms with E-state index in [0.29, 0.717) is 50.4 Å². The summed E-state index contributed by atoms with van der Waals surface area (Å²) < 4.78 is 38.6. The number of hydrogen-bond donors (Lipinski definition) is 4. The highest BCUT2D eigenvalue weighted by atomic mass is 19.4. The summed E-state index contributed by atoms with van der Waals surface area (Å²) in [5.41, 5.74) is 1.98. The number of hydroxylamine groups is 1. The number of nitrogens with zero attached hydrogens (tertiary/aromatic N) is 3. The first kappa shape index (κ1) is 22.8. The summed E-state index contributed by atoms with van der Waals surface area (Å²) in [4.78, 5) is 15.6. The van der Waals surface area contributed by atoms with Crippen LogP contribution in [0.25, 0.3) is 0 Å². The largest absolute Gasteiger partial charge is 0.416 e. The Kier molecular flexibility index (Phi) is 7.01. The Hall–Kier alpha value is -2.86. The van der Waals surface area contributed by atoms with Crippen LogP contribution in [0.15, 0.2) is 42.5 Å². The van der Waals surface area contributed by atoms with Crippen molar-refractivity contribution in [2.75, 3.05) is 42.9 Å². The zero-order valence-electron chi connectivity index (χ0n) is 16.5. The first-order valence-corrected chi connectivity index (χ1v) is 9.59. The maximum Gasteiger partial charge on any atom is 0.416 e. The van der Waals surface area contributed by atoms with E-state index < -0.39 is 17.6 Å². The highest BCUT2D eigenvalue weighted by Crippen LogP contribution is 2.31. The molecule has 0 spiro atoms. The minimum atomic E-state index is -4.36. The number of alkyl halides is 3. The van der Waals surface area contributed by atoms with Gasteiger partial charge in [0.1, 0.15) is 5.69 Å². The van der Waals surface area contributed by atoms with Crippen LogP contribution in [-0.2, 0) is 12.6 Å². The molecule has 11 heteroatoms. The Balaban J connectivity index is 1.60. The van der Waals surface area contributed by atoms with E-state index in [9.17, 15) is 28.4 Å². The molecule has 0 aliphatic carbocycles. The van der Waals surface area contributed by atoms with Gasteiger partial charge in [0, 0.05) is 38.3 Å². The number of nitrogens with one attached hydrogen (secondary N) is 1. The number of hydrogen-bond acceptors (Lipinski definition) is 7. The molecule has 0 bridgehead atoms. The van der Waals surface area contributed by atoms with E-state index in [-0.39, 0.29) is 16.5 Å². The van der Waals surface area contributed by atoms with Crippen molar-refractivity contribution in [2.24, 2.45) is 0 Å². The summed E-state index contributed by atoms with van der Waals surface area (Å²) in [5, 5.41) is 27.7. The van der Waals surface area contributed by atoms with Gasteiger partial charge in [-0.25, -0.2) is 5.48 Å². The molecule has 1 heterocycles. The summed E-state index contributed by atoms with van der Waals surface area (Å²) in [7, 11) is 0. The molecule has 0 unspecified atom stereocenters. The van der Waals surface area contributed by atoms with E-state index in [1.165, 1.54) is 29.7 Å². The van der Waals surface area contributed by atoms with Crippen LogP contribution in [0.5, 0.6) is 0 Å². The molecular formula is C20H23F3N4O4. The van der Waals surface area contributed by atoms with Crippen LogP contribution < -0.4 is 15.6 Å². The lowest BCUT2D eigenvalue weighted by molar-refractivity contribution is -0.137. The quantitative estimate of drug-likeness (QED) is 0.405. The first-order chi connectivity index (χ1) is 14.7. The van der Waals surface area contributed by atoms with Gasteiger partial charge in [0.25, 0.3) is 5.91 Å². The van der Waals surface area contributed by atoms with Gasteiger partial charge in [-0.1, -0.05) is 18.2 Å². The minimum Gasteiger partial charge on any atom is -0.367 e. The third-order valence-electron chi connectivity index (χ3n) is 5.24. The number of benzene rings is 2. The number of amides is 1. The smallest absolute Gasteiger partial charge is 0.367 e. The molecule has 168 valence electrons. The summed E-state index contributed by atoms with van der Waals surface area (Å²) in [5.74, 6) is -0.783. The Labute approximate surface area is 176 Å². The predicted molar refractivity (Wildman–Crippen MR) is 106 cm³/mol. The lowest BCUT2D eigenvalue weighted by Gasteiger charge is -2.37. The molecule has 31 heavy (non-hydrogen) atoms. The average Bonchev–Trinajstić information content (AvgIpc) is 2.76. The molecule has 0 radical (unpaired) electrons. The molecule has 1 saturated heterocycles. The van der Waals surface area contributed by atoms with Crippen LogP contribution in [0.3, 0.4) is 0 Å². The molecule has 8 nitrogen and oxygen atoms in total. The molecule has 0 aromatic heterocycles. The normalized spacial score (nSPS) is 15.1. The Morgan fingerprint density at radius 2 is 1.77 bits per heavy atom. The maximum atomic E-state index is 12.9. The van der Waals surface area contributed by atoms with Crippen LogP contribution in [0, 0.1) is 0 Å². The van der Waals surface area contributed by atoms with Crippen molar-refractivity contribution in [2.45, 2.75) is 12.6 Å². The Morgan fingerprint density at radius 1 is 1.06 bits per heavy atom. The van der Waals surface area contributed by atoms with Gasteiger partial charge >= 0.3 is 6.18 Å². The summed E-state index contributed by atoms with van der Waals surface area (Å²) in [6, 6.07) is 9.56. The number of anilines is 2. The van der Waals surface area contributed by atoms with Crippen molar-refractivity contribution in [1.29, 1.82) is 0 Å². The fourth-order valence-corrected chi connectivity index (χ4v) is 3.56. The number of carbonyl (C=O) groups is 1. The minimum absolute atomic E-state index is 0.0153. The highest BCUT2D eigenvalue weighted by molar-refractivity contribution is 5.95. The summed E-state index contributed by atoms with van der Waals surface area (Å²) in [6.07, 6.45) is -3.87.